The molecule has 0 N–H and O–H groups in total. The van der Waals surface area contributed by atoms with Crippen LogP contribution in [0.1, 0.15) is 42.5 Å². The lowest BCUT2D eigenvalue weighted by molar-refractivity contribution is 0.782. The second kappa shape index (κ2) is 6.71. The van der Waals surface area contributed by atoms with Crippen molar-refractivity contribution < 1.29 is 0 Å². The molecule has 1 aromatic carbocycles. The van der Waals surface area contributed by atoms with Crippen molar-refractivity contribution in [2.45, 2.75) is 26.7 Å². The number of rotatable bonds is 2. The van der Waals surface area contributed by atoms with Crippen LogP contribution >= 0.6 is 0 Å². The summed E-state index contributed by atoms with van der Waals surface area (Å²) in [5.74, 6) is 3.28. The van der Waals surface area contributed by atoms with Gasteiger partial charge in [-0.15, -0.1) is 6.42 Å². The van der Waals surface area contributed by atoms with Crippen LogP contribution in [0.3, 0.4) is 0 Å². The fourth-order valence-corrected chi connectivity index (χ4v) is 3.40. The summed E-state index contributed by atoms with van der Waals surface area (Å²) in [6, 6.07) is 4.44. The third kappa shape index (κ3) is 3.30. The van der Waals surface area contributed by atoms with Crippen LogP contribution in [0.2, 0.25) is 0 Å². The summed E-state index contributed by atoms with van der Waals surface area (Å²) in [6.45, 7) is 4.22. The first-order chi connectivity index (χ1) is 11.2. The fraction of sp³-hybridized carbons (Fsp3) is 0.217. The zero-order valence-electron chi connectivity index (χ0n) is 13.8. The summed E-state index contributed by atoms with van der Waals surface area (Å²) in [7, 11) is 0. The average Bonchev–Trinajstić information content (AvgIpc) is 2.55. The molecule has 1 atom stereocenters. The Hall–Kier alpha value is -2.52. The molecule has 0 aliphatic heterocycles. The maximum Gasteiger partial charge on any atom is 0.0321 e. The molecule has 2 aliphatic rings. The van der Waals surface area contributed by atoms with Gasteiger partial charge in [-0.1, -0.05) is 54.5 Å². The molecule has 0 amide bonds. The van der Waals surface area contributed by atoms with Crippen molar-refractivity contribution in [2.24, 2.45) is 5.92 Å². The first-order valence-electron chi connectivity index (χ1n) is 8.20. The van der Waals surface area contributed by atoms with E-state index in [2.05, 4.69) is 67.5 Å². The Bertz CT molecular complexity index is 801. The van der Waals surface area contributed by atoms with Crippen LogP contribution in [0, 0.1) is 18.3 Å². The molecule has 0 aromatic heterocycles. The maximum absolute atomic E-state index is 5.68. The van der Waals surface area contributed by atoms with E-state index < -0.39 is 0 Å². The van der Waals surface area contributed by atoms with Gasteiger partial charge in [-0.25, -0.2) is 0 Å². The minimum atomic E-state index is 0.462. The second-order valence-electron chi connectivity index (χ2n) is 6.19. The van der Waals surface area contributed by atoms with Crippen LogP contribution in [-0.2, 0) is 6.42 Å². The van der Waals surface area contributed by atoms with E-state index in [4.69, 9.17) is 6.42 Å². The topological polar surface area (TPSA) is 0 Å². The van der Waals surface area contributed by atoms with Gasteiger partial charge in [0.2, 0.25) is 0 Å². The zero-order valence-corrected chi connectivity index (χ0v) is 13.8. The normalized spacial score (nSPS) is 21.3. The first kappa shape index (κ1) is 15.4. The molecule has 2 aliphatic carbocycles. The Morgan fingerprint density at radius 3 is 2.83 bits per heavy atom. The molecule has 3 rings (SSSR count). The number of benzene rings is 1. The molecule has 0 saturated heterocycles. The second-order valence-corrected chi connectivity index (χ2v) is 6.19. The average molecular weight is 298 g/mol. The molecule has 0 heteroatoms. The minimum Gasteiger partial charge on any atom is -0.115 e. The van der Waals surface area contributed by atoms with Gasteiger partial charge in [0.1, 0.15) is 0 Å². The Labute approximate surface area is 139 Å². The van der Waals surface area contributed by atoms with Crippen molar-refractivity contribution >= 4 is 11.6 Å². The van der Waals surface area contributed by atoms with Gasteiger partial charge < -0.3 is 0 Å². The van der Waals surface area contributed by atoms with Gasteiger partial charge in [0.15, 0.2) is 0 Å². The highest BCUT2D eigenvalue weighted by molar-refractivity contribution is 5.74. The fourth-order valence-electron chi connectivity index (χ4n) is 3.40. The van der Waals surface area contributed by atoms with E-state index in [0.717, 1.165) is 24.0 Å². The van der Waals surface area contributed by atoms with Gasteiger partial charge in [0, 0.05) is 5.56 Å². The van der Waals surface area contributed by atoms with E-state index in [1.54, 1.807) is 0 Å². The molecule has 0 fully saturated rings. The monoisotopic (exact) mass is 298 g/mol. The highest BCUT2D eigenvalue weighted by Gasteiger charge is 2.18. The number of hydrogen-bond acceptors (Lipinski definition) is 0. The van der Waals surface area contributed by atoms with E-state index in [-0.39, 0.29) is 0 Å². The quantitative estimate of drug-likeness (QED) is 0.613. The Kier molecular flexibility index (Phi) is 4.49. The van der Waals surface area contributed by atoms with Gasteiger partial charge in [0.05, 0.1) is 0 Å². The summed E-state index contributed by atoms with van der Waals surface area (Å²) in [5, 5.41) is 0. The van der Waals surface area contributed by atoms with Crippen molar-refractivity contribution in [1.29, 1.82) is 0 Å². The van der Waals surface area contributed by atoms with Crippen molar-refractivity contribution in [3.63, 3.8) is 0 Å². The van der Waals surface area contributed by atoms with Gasteiger partial charge in [-0.2, -0.15) is 0 Å². The van der Waals surface area contributed by atoms with E-state index >= 15 is 0 Å². The lowest BCUT2D eigenvalue weighted by Crippen LogP contribution is -2.09. The van der Waals surface area contributed by atoms with Crippen LogP contribution in [0.25, 0.3) is 11.6 Å². The molecule has 0 heterocycles. The SMILES string of the molecule is C#Cc1cc2c(cc1/C=C\C)CC(/C=C1/C=CC=CC1)C=C2C. The van der Waals surface area contributed by atoms with Crippen LogP contribution in [0.4, 0.5) is 0 Å². The van der Waals surface area contributed by atoms with Gasteiger partial charge in [0.25, 0.3) is 0 Å². The zero-order chi connectivity index (χ0) is 16.2. The molecule has 0 radical (unpaired) electrons. The predicted octanol–water partition coefficient (Wildman–Crippen LogP) is 5.72. The highest BCUT2D eigenvalue weighted by atomic mass is 14.2. The van der Waals surface area contributed by atoms with Gasteiger partial charge in [-0.3, -0.25) is 0 Å². The lowest BCUT2D eigenvalue weighted by Gasteiger charge is -2.23. The largest absolute Gasteiger partial charge is 0.115 e. The van der Waals surface area contributed by atoms with Crippen LogP contribution in [0.5, 0.6) is 0 Å². The molecule has 114 valence electrons. The van der Waals surface area contributed by atoms with Crippen molar-refractivity contribution in [2.75, 3.05) is 0 Å². The summed E-state index contributed by atoms with van der Waals surface area (Å²) in [5.41, 5.74) is 7.56. The standard InChI is InChI=1S/C23H22/c1-4-9-21-15-22-14-19(13-18-10-7-6-8-11-18)12-17(3)23(22)16-20(21)5-2/h2,4,6-10,12-13,15-16,19H,11,14H2,1,3H3/b9-4-,18-13-. The van der Waals surface area contributed by atoms with Gasteiger partial charge in [-0.05, 0) is 72.6 Å². The first-order valence-corrected chi connectivity index (χ1v) is 8.20. The Balaban J connectivity index is 1.97. The van der Waals surface area contributed by atoms with E-state index in [1.807, 2.05) is 13.0 Å². The minimum absolute atomic E-state index is 0.462. The third-order valence-corrected chi connectivity index (χ3v) is 4.46. The Morgan fingerprint density at radius 1 is 1.26 bits per heavy atom. The number of allylic oxidation sites excluding steroid dienone is 9. The molecule has 0 nitrogen and oxygen atoms in total. The molecule has 0 saturated carbocycles. The van der Waals surface area contributed by atoms with E-state index in [0.29, 0.717) is 5.92 Å². The maximum atomic E-state index is 5.68. The number of hydrogen-bond donors (Lipinski definition) is 0. The van der Waals surface area contributed by atoms with Crippen molar-refractivity contribution in [1.82, 2.24) is 0 Å². The summed E-state index contributed by atoms with van der Waals surface area (Å²) < 4.78 is 0. The van der Waals surface area contributed by atoms with Crippen molar-refractivity contribution in [3.05, 3.63) is 82.5 Å². The van der Waals surface area contributed by atoms with Crippen LogP contribution in [-0.4, -0.2) is 0 Å². The smallest absolute Gasteiger partial charge is 0.0321 e. The highest BCUT2D eigenvalue weighted by Crippen LogP contribution is 2.33. The van der Waals surface area contributed by atoms with Crippen molar-refractivity contribution in [3.8, 4) is 12.3 Å². The predicted molar refractivity (Wildman–Crippen MR) is 101 cm³/mol. The van der Waals surface area contributed by atoms with E-state index in [1.165, 1.54) is 22.3 Å². The van der Waals surface area contributed by atoms with E-state index in [9.17, 15) is 0 Å². The molecule has 23 heavy (non-hydrogen) atoms. The molecule has 1 aromatic rings. The molecular formula is C23H22. The lowest BCUT2D eigenvalue weighted by atomic mass is 9.82. The molecular weight excluding hydrogens is 276 g/mol. The number of terminal acetylenes is 1. The third-order valence-electron chi connectivity index (χ3n) is 4.46. The van der Waals surface area contributed by atoms with Gasteiger partial charge >= 0.3 is 0 Å². The molecule has 0 bridgehead atoms. The van der Waals surface area contributed by atoms with Crippen LogP contribution < -0.4 is 0 Å². The Morgan fingerprint density at radius 2 is 2.13 bits per heavy atom. The number of fused-ring (bicyclic) bond motifs is 1. The summed E-state index contributed by atoms with van der Waals surface area (Å²) in [6.07, 6.45) is 25.3. The summed E-state index contributed by atoms with van der Waals surface area (Å²) >= 11 is 0. The van der Waals surface area contributed by atoms with Crippen LogP contribution in [0.15, 0.2) is 60.2 Å². The summed E-state index contributed by atoms with van der Waals surface area (Å²) in [4.78, 5) is 0. The molecule has 0 spiro atoms. The molecule has 1 unspecified atom stereocenters.